The van der Waals surface area contributed by atoms with Gasteiger partial charge in [-0.25, -0.2) is 4.79 Å². The molecule has 1 N–H and O–H groups in total. The highest BCUT2D eigenvalue weighted by molar-refractivity contribution is 5.94. The van der Waals surface area contributed by atoms with E-state index in [2.05, 4.69) is 10.1 Å². The van der Waals surface area contributed by atoms with Gasteiger partial charge in [-0.2, -0.15) is 0 Å². The lowest BCUT2D eigenvalue weighted by Gasteiger charge is -1.97. The van der Waals surface area contributed by atoms with Crippen LogP contribution in [-0.4, -0.2) is 25.0 Å². The van der Waals surface area contributed by atoms with Crippen molar-refractivity contribution in [3.05, 3.63) is 12.2 Å². The van der Waals surface area contributed by atoms with Crippen molar-refractivity contribution in [2.24, 2.45) is 0 Å². The highest BCUT2D eigenvalue weighted by Crippen LogP contribution is 1.81. The summed E-state index contributed by atoms with van der Waals surface area (Å²) >= 11 is 0. The van der Waals surface area contributed by atoms with E-state index < -0.39 is 5.97 Å². The molecule has 4 heteroatoms. The summed E-state index contributed by atoms with van der Waals surface area (Å²) < 4.78 is 4.59. The number of carbonyl (C=O) groups is 2. The van der Waals surface area contributed by atoms with E-state index in [-0.39, 0.29) is 5.91 Å². The molecule has 0 spiro atoms. The first-order chi connectivity index (χ1) is 6.20. The standard InChI is InChI=1S/C9H15NO3/c1-3-7-10-8(11)5-6-9(12)13-4-2/h5-6H,3-4,7H2,1-2H3,(H,10,11). The maximum Gasteiger partial charge on any atom is 0.330 e. The van der Waals surface area contributed by atoms with E-state index in [1.165, 1.54) is 6.08 Å². The van der Waals surface area contributed by atoms with Gasteiger partial charge in [0, 0.05) is 18.7 Å². The van der Waals surface area contributed by atoms with Crippen LogP contribution in [0.2, 0.25) is 0 Å². The summed E-state index contributed by atoms with van der Waals surface area (Å²) in [5.74, 6) is -0.760. The van der Waals surface area contributed by atoms with Gasteiger partial charge in [-0.1, -0.05) is 6.92 Å². The minimum atomic E-state index is -0.492. The molecule has 0 atom stereocenters. The zero-order valence-corrected chi connectivity index (χ0v) is 8.00. The minimum absolute atomic E-state index is 0.269. The molecule has 0 rings (SSSR count). The number of rotatable bonds is 5. The van der Waals surface area contributed by atoms with Crippen LogP contribution in [0.4, 0.5) is 0 Å². The van der Waals surface area contributed by atoms with Gasteiger partial charge in [0.05, 0.1) is 6.61 Å². The lowest BCUT2D eigenvalue weighted by molar-refractivity contribution is -0.137. The van der Waals surface area contributed by atoms with Gasteiger partial charge in [-0.3, -0.25) is 4.79 Å². The van der Waals surface area contributed by atoms with Crippen molar-refractivity contribution in [3.8, 4) is 0 Å². The van der Waals surface area contributed by atoms with Gasteiger partial charge < -0.3 is 10.1 Å². The summed E-state index contributed by atoms with van der Waals surface area (Å²) in [4.78, 5) is 21.6. The summed E-state index contributed by atoms with van der Waals surface area (Å²) in [5.41, 5.74) is 0. The van der Waals surface area contributed by atoms with Gasteiger partial charge in [0.25, 0.3) is 0 Å². The van der Waals surface area contributed by atoms with Crippen LogP contribution in [0.25, 0.3) is 0 Å². The predicted molar refractivity (Wildman–Crippen MR) is 49.1 cm³/mol. The number of carbonyl (C=O) groups excluding carboxylic acids is 2. The largest absolute Gasteiger partial charge is 0.463 e. The Hall–Kier alpha value is -1.32. The molecule has 0 radical (unpaired) electrons. The molecule has 0 aliphatic rings. The molecule has 0 unspecified atom stereocenters. The summed E-state index contributed by atoms with van der Waals surface area (Å²) in [6.07, 6.45) is 3.17. The molecule has 1 amide bonds. The lowest BCUT2D eigenvalue weighted by atomic mass is 10.4. The molecule has 0 aromatic carbocycles. The number of nitrogens with one attached hydrogen (secondary N) is 1. The van der Waals surface area contributed by atoms with Crippen molar-refractivity contribution >= 4 is 11.9 Å². The normalized spacial score (nSPS) is 10.0. The smallest absolute Gasteiger partial charge is 0.330 e. The van der Waals surface area contributed by atoms with Gasteiger partial charge in [0.1, 0.15) is 0 Å². The van der Waals surface area contributed by atoms with Crippen LogP contribution in [-0.2, 0) is 14.3 Å². The third kappa shape index (κ3) is 7.05. The summed E-state index contributed by atoms with van der Waals surface area (Å²) in [6, 6.07) is 0. The van der Waals surface area contributed by atoms with E-state index in [1.54, 1.807) is 6.92 Å². The van der Waals surface area contributed by atoms with E-state index in [4.69, 9.17) is 0 Å². The van der Waals surface area contributed by atoms with Crippen LogP contribution in [0, 0.1) is 0 Å². The zero-order chi connectivity index (χ0) is 10.1. The second-order valence-electron chi connectivity index (χ2n) is 2.38. The van der Waals surface area contributed by atoms with Crippen molar-refractivity contribution in [2.75, 3.05) is 13.2 Å². The number of ether oxygens (including phenoxy) is 1. The number of hydrogen-bond donors (Lipinski definition) is 1. The molecule has 0 saturated heterocycles. The Labute approximate surface area is 78.0 Å². The average Bonchev–Trinajstić information content (AvgIpc) is 2.12. The Balaban J connectivity index is 3.69. The van der Waals surface area contributed by atoms with Gasteiger partial charge in [0.15, 0.2) is 0 Å². The molecular formula is C9H15NO3. The molecular weight excluding hydrogens is 170 g/mol. The first-order valence-electron chi connectivity index (χ1n) is 4.33. The Morgan fingerprint density at radius 2 is 2.00 bits per heavy atom. The number of amides is 1. The topological polar surface area (TPSA) is 55.4 Å². The number of hydrogen-bond acceptors (Lipinski definition) is 3. The van der Waals surface area contributed by atoms with Crippen LogP contribution >= 0.6 is 0 Å². The predicted octanol–water partition coefficient (Wildman–Crippen LogP) is 0.632. The molecule has 0 bridgehead atoms. The Bertz CT molecular complexity index is 199. The summed E-state index contributed by atoms with van der Waals surface area (Å²) in [5, 5.41) is 2.60. The summed E-state index contributed by atoms with van der Waals surface area (Å²) in [7, 11) is 0. The molecule has 0 heterocycles. The molecule has 4 nitrogen and oxygen atoms in total. The quantitative estimate of drug-likeness (QED) is 0.505. The Morgan fingerprint density at radius 3 is 2.54 bits per heavy atom. The second kappa shape index (κ2) is 7.34. The van der Waals surface area contributed by atoms with E-state index in [0.29, 0.717) is 13.2 Å². The summed E-state index contributed by atoms with van der Waals surface area (Å²) in [6.45, 7) is 4.60. The van der Waals surface area contributed by atoms with Gasteiger partial charge in [0.2, 0.25) is 5.91 Å². The fraction of sp³-hybridized carbons (Fsp3) is 0.556. The van der Waals surface area contributed by atoms with Crippen LogP contribution in [0.1, 0.15) is 20.3 Å². The third-order valence-corrected chi connectivity index (χ3v) is 1.21. The van der Waals surface area contributed by atoms with Crippen LogP contribution in [0.3, 0.4) is 0 Å². The molecule has 0 aromatic heterocycles. The van der Waals surface area contributed by atoms with E-state index in [0.717, 1.165) is 12.5 Å². The van der Waals surface area contributed by atoms with Crippen LogP contribution < -0.4 is 5.32 Å². The molecule has 0 fully saturated rings. The van der Waals surface area contributed by atoms with Crippen LogP contribution in [0.15, 0.2) is 12.2 Å². The highest BCUT2D eigenvalue weighted by Gasteiger charge is 1.96. The van der Waals surface area contributed by atoms with Gasteiger partial charge >= 0.3 is 5.97 Å². The van der Waals surface area contributed by atoms with E-state index in [9.17, 15) is 9.59 Å². The SMILES string of the molecule is CCCNC(=O)C=CC(=O)OCC. The molecule has 0 saturated carbocycles. The molecule has 74 valence electrons. The maximum atomic E-state index is 10.9. The number of esters is 1. The van der Waals surface area contributed by atoms with Gasteiger partial charge in [-0.15, -0.1) is 0 Å². The van der Waals surface area contributed by atoms with Crippen molar-refractivity contribution in [2.45, 2.75) is 20.3 Å². The third-order valence-electron chi connectivity index (χ3n) is 1.21. The minimum Gasteiger partial charge on any atom is -0.463 e. The second-order valence-corrected chi connectivity index (χ2v) is 2.38. The van der Waals surface area contributed by atoms with Gasteiger partial charge in [-0.05, 0) is 13.3 Å². The highest BCUT2D eigenvalue weighted by atomic mass is 16.5. The molecule has 0 aliphatic heterocycles. The van der Waals surface area contributed by atoms with E-state index in [1.807, 2.05) is 6.92 Å². The fourth-order valence-corrected chi connectivity index (χ4v) is 0.641. The van der Waals surface area contributed by atoms with Crippen molar-refractivity contribution in [1.29, 1.82) is 0 Å². The first-order valence-corrected chi connectivity index (χ1v) is 4.33. The van der Waals surface area contributed by atoms with Crippen molar-refractivity contribution in [3.63, 3.8) is 0 Å². The molecule has 0 aliphatic carbocycles. The monoisotopic (exact) mass is 185 g/mol. The fourth-order valence-electron chi connectivity index (χ4n) is 0.641. The Kier molecular flexibility index (Phi) is 6.59. The van der Waals surface area contributed by atoms with Crippen molar-refractivity contribution in [1.82, 2.24) is 5.32 Å². The average molecular weight is 185 g/mol. The molecule has 0 aromatic rings. The Morgan fingerprint density at radius 1 is 1.31 bits per heavy atom. The zero-order valence-electron chi connectivity index (χ0n) is 8.00. The first kappa shape index (κ1) is 11.7. The van der Waals surface area contributed by atoms with Crippen LogP contribution in [0.5, 0.6) is 0 Å². The van der Waals surface area contributed by atoms with Crippen molar-refractivity contribution < 1.29 is 14.3 Å². The maximum absolute atomic E-state index is 10.9. The lowest BCUT2D eigenvalue weighted by Crippen LogP contribution is -2.21. The van der Waals surface area contributed by atoms with E-state index >= 15 is 0 Å². The molecule has 13 heavy (non-hydrogen) atoms.